The summed E-state index contributed by atoms with van der Waals surface area (Å²) in [4.78, 5) is 26.2. The van der Waals surface area contributed by atoms with E-state index in [0.29, 0.717) is 11.3 Å². The number of ether oxygens (including phenoxy) is 1. The lowest BCUT2D eigenvalue weighted by atomic mass is 10.1. The van der Waals surface area contributed by atoms with Gasteiger partial charge in [0.25, 0.3) is 11.8 Å². The van der Waals surface area contributed by atoms with Crippen LogP contribution in [0.2, 0.25) is 0 Å². The molecule has 4 nitrogen and oxygen atoms in total. The van der Waals surface area contributed by atoms with Gasteiger partial charge in [0, 0.05) is 5.56 Å². The Kier molecular flexibility index (Phi) is 4.17. The zero-order chi connectivity index (χ0) is 16.4. The van der Waals surface area contributed by atoms with Crippen molar-refractivity contribution in [2.24, 2.45) is 0 Å². The van der Waals surface area contributed by atoms with Crippen LogP contribution in [0.5, 0.6) is 5.75 Å². The smallest absolute Gasteiger partial charge is 0.273 e. The summed E-state index contributed by atoms with van der Waals surface area (Å²) in [5.74, 6) is -0.254. The summed E-state index contributed by atoms with van der Waals surface area (Å²) in [5, 5.41) is -0.0453. The van der Waals surface area contributed by atoms with Crippen molar-refractivity contribution in [3.05, 3.63) is 70.8 Å². The number of carbonyl (C=O) groups excluding carboxylic acids is 2. The number of methoxy groups -OCH3 is 1. The van der Waals surface area contributed by atoms with Crippen LogP contribution in [0.25, 0.3) is 5.57 Å². The Morgan fingerprint density at radius 1 is 0.957 bits per heavy atom. The number of nitrogens with zero attached hydrogens (tertiary/aromatic N) is 1. The van der Waals surface area contributed by atoms with Crippen molar-refractivity contribution in [1.29, 1.82) is 0 Å². The number of carbonyl (C=O) groups is 2. The maximum atomic E-state index is 12.7. The quantitative estimate of drug-likeness (QED) is 0.810. The highest BCUT2D eigenvalue weighted by atomic mass is 35.5. The molecule has 1 aliphatic rings. The normalized spacial score (nSPS) is 14.6. The minimum atomic E-state index is -0.485. The Morgan fingerprint density at radius 3 is 2.30 bits per heavy atom. The minimum Gasteiger partial charge on any atom is -0.496 e. The average Bonchev–Trinajstić information content (AvgIpc) is 2.80. The average molecular weight is 328 g/mol. The van der Waals surface area contributed by atoms with Gasteiger partial charge in [-0.2, -0.15) is 0 Å². The van der Waals surface area contributed by atoms with Crippen LogP contribution in [0.1, 0.15) is 11.1 Å². The van der Waals surface area contributed by atoms with E-state index in [0.717, 1.165) is 10.5 Å². The first-order valence-corrected chi connectivity index (χ1v) is 7.44. The summed E-state index contributed by atoms with van der Waals surface area (Å²) in [7, 11) is 1.55. The molecule has 116 valence electrons. The van der Waals surface area contributed by atoms with Gasteiger partial charge in [-0.25, -0.2) is 0 Å². The van der Waals surface area contributed by atoms with E-state index in [9.17, 15) is 9.59 Å². The van der Waals surface area contributed by atoms with Crippen molar-refractivity contribution in [3.63, 3.8) is 0 Å². The van der Waals surface area contributed by atoms with Crippen molar-refractivity contribution >= 4 is 29.0 Å². The third kappa shape index (κ3) is 2.73. The largest absolute Gasteiger partial charge is 0.496 e. The highest BCUT2D eigenvalue weighted by Gasteiger charge is 2.38. The molecular formula is C18H14ClNO3. The summed E-state index contributed by atoms with van der Waals surface area (Å²) < 4.78 is 5.27. The van der Waals surface area contributed by atoms with E-state index in [1.807, 2.05) is 24.3 Å². The summed E-state index contributed by atoms with van der Waals surface area (Å²) >= 11 is 6.13. The number of benzene rings is 2. The van der Waals surface area contributed by atoms with E-state index >= 15 is 0 Å². The van der Waals surface area contributed by atoms with Gasteiger partial charge in [-0.1, -0.05) is 60.1 Å². The predicted molar refractivity (Wildman–Crippen MR) is 87.8 cm³/mol. The molecule has 5 heteroatoms. The molecule has 0 spiro atoms. The number of amides is 2. The maximum absolute atomic E-state index is 12.7. The van der Waals surface area contributed by atoms with Gasteiger partial charge < -0.3 is 4.74 Å². The topological polar surface area (TPSA) is 46.6 Å². The molecule has 0 aliphatic carbocycles. The van der Waals surface area contributed by atoms with Crippen LogP contribution in [0.4, 0.5) is 0 Å². The van der Waals surface area contributed by atoms with E-state index in [-0.39, 0.29) is 17.2 Å². The lowest BCUT2D eigenvalue weighted by Gasteiger charge is -2.16. The second-order valence-corrected chi connectivity index (χ2v) is 5.44. The fraction of sp³-hybridized carbons (Fsp3) is 0.111. The maximum Gasteiger partial charge on any atom is 0.273 e. The second kappa shape index (κ2) is 6.26. The Labute approximate surface area is 138 Å². The summed E-state index contributed by atoms with van der Waals surface area (Å²) in [5.41, 5.74) is 1.63. The summed E-state index contributed by atoms with van der Waals surface area (Å²) in [6.45, 7) is 0.119. The van der Waals surface area contributed by atoms with E-state index < -0.39 is 11.8 Å². The number of rotatable bonds is 4. The van der Waals surface area contributed by atoms with Crippen LogP contribution in [-0.2, 0) is 16.1 Å². The SMILES string of the molecule is COc1ccccc1CN1C(=O)C(Cl)=C(c2ccccc2)C1=O. The van der Waals surface area contributed by atoms with E-state index in [1.54, 1.807) is 37.4 Å². The molecule has 0 atom stereocenters. The van der Waals surface area contributed by atoms with E-state index in [4.69, 9.17) is 16.3 Å². The fourth-order valence-electron chi connectivity index (χ4n) is 2.55. The highest BCUT2D eigenvalue weighted by Crippen LogP contribution is 2.33. The van der Waals surface area contributed by atoms with Crippen molar-refractivity contribution in [2.75, 3.05) is 7.11 Å². The zero-order valence-electron chi connectivity index (χ0n) is 12.5. The molecule has 2 aromatic carbocycles. The Hall–Kier alpha value is -2.59. The Bertz CT molecular complexity index is 799. The molecule has 0 saturated heterocycles. The second-order valence-electron chi connectivity index (χ2n) is 5.06. The lowest BCUT2D eigenvalue weighted by molar-refractivity contribution is -0.137. The van der Waals surface area contributed by atoms with Gasteiger partial charge >= 0.3 is 0 Å². The third-order valence-electron chi connectivity index (χ3n) is 3.69. The number of hydrogen-bond donors (Lipinski definition) is 0. The first kappa shape index (κ1) is 15.3. The molecule has 2 amide bonds. The number of imide groups is 1. The van der Waals surface area contributed by atoms with Crippen molar-refractivity contribution in [2.45, 2.75) is 6.54 Å². The van der Waals surface area contributed by atoms with Crippen LogP contribution in [0, 0.1) is 0 Å². The first-order valence-electron chi connectivity index (χ1n) is 7.06. The fourth-order valence-corrected chi connectivity index (χ4v) is 2.84. The van der Waals surface area contributed by atoms with Gasteiger partial charge in [-0.3, -0.25) is 14.5 Å². The van der Waals surface area contributed by atoms with Crippen molar-refractivity contribution < 1.29 is 14.3 Å². The van der Waals surface area contributed by atoms with Gasteiger partial charge in [-0.05, 0) is 11.6 Å². The molecule has 1 heterocycles. The Morgan fingerprint density at radius 2 is 1.61 bits per heavy atom. The number of halogens is 1. The molecule has 1 aliphatic heterocycles. The van der Waals surface area contributed by atoms with E-state index in [1.165, 1.54) is 0 Å². The zero-order valence-corrected chi connectivity index (χ0v) is 13.2. The minimum absolute atomic E-state index is 0.0453. The molecule has 0 aromatic heterocycles. The Balaban J connectivity index is 1.93. The van der Waals surface area contributed by atoms with Crippen molar-refractivity contribution in [1.82, 2.24) is 4.90 Å². The van der Waals surface area contributed by atoms with Crippen LogP contribution in [-0.4, -0.2) is 23.8 Å². The molecule has 0 saturated carbocycles. The highest BCUT2D eigenvalue weighted by molar-refractivity contribution is 6.55. The number of para-hydroxylation sites is 1. The van der Waals surface area contributed by atoms with Gasteiger partial charge in [0.15, 0.2) is 0 Å². The van der Waals surface area contributed by atoms with Gasteiger partial charge in [0.1, 0.15) is 10.8 Å². The molecule has 0 bridgehead atoms. The predicted octanol–water partition coefficient (Wildman–Crippen LogP) is 3.21. The monoisotopic (exact) mass is 327 g/mol. The van der Waals surface area contributed by atoms with Crippen LogP contribution < -0.4 is 4.74 Å². The van der Waals surface area contributed by atoms with Crippen LogP contribution in [0.3, 0.4) is 0 Å². The lowest BCUT2D eigenvalue weighted by Crippen LogP contribution is -2.30. The first-order chi connectivity index (χ1) is 11.1. The molecule has 0 unspecified atom stereocenters. The molecular weight excluding hydrogens is 314 g/mol. The van der Waals surface area contributed by atoms with E-state index in [2.05, 4.69) is 0 Å². The summed E-state index contributed by atoms with van der Waals surface area (Å²) in [6.07, 6.45) is 0. The third-order valence-corrected chi connectivity index (χ3v) is 4.05. The van der Waals surface area contributed by atoms with Crippen LogP contribution in [0.15, 0.2) is 59.6 Å². The number of hydrogen-bond acceptors (Lipinski definition) is 3. The van der Waals surface area contributed by atoms with Gasteiger partial charge in [0.2, 0.25) is 0 Å². The van der Waals surface area contributed by atoms with Gasteiger partial charge in [0.05, 0.1) is 19.2 Å². The molecule has 23 heavy (non-hydrogen) atoms. The molecule has 0 N–H and O–H groups in total. The van der Waals surface area contributed by atoms with Crippen molar-refractivity contribution in [3.8, 4) is 5.75 Å². The molecule has 3 rings (SSSR count). The standard InChI is InChI=1S/C18H14ClNO3/c1-23-14-10-6-5-9-13(14)11-20-17(21)15(16(19)18(20)22)12-7-3-2-4-8-12/h2-10H,11H2,1H3. The molecule has 0 radical (unpaired) electrons. The molecule has 0 fully saturated rings. The summed E-state index contributed by atoms with van der Waals surface area (Å²) in [6, 6.07) is 16.2. The molecule has 2 aromatic rings. The van der Waals surface area contributed by atoms with Crippen LogP contribution >= 0.6 is 11.6 Å². The van der Waals surface area contributed by atoms with Gasteiger partial charge in [-0.15, -0.1) is 0 Å².